The first-order valence-corrected chi connectivity index (χ1v) is 6.95. The average molecular weight is 257 g/mol. The zero-order chi connectivity index (χ0) is 13.4. The molecular formula is C15H19N3O. The molecular weight excluding hydrogens is 238 g/mol. The zero-order valence-electron chi connectivity index (χ0n) is 11.4. The number of ketones is 1. The van der Waals surface area contributed by atoms with Crippen molar-refractivity contribution in [3.8, 4) is 0 Å². The Morgan fingerprint density at radius 3 is 3.05 bits per heavy atom. The molecule has 1 aliphatic heterocycles. The maximum Gasteiger partial charge on any atom is 0.179 e. The van der Waals surface area contributed by atoms with E-state index in [-0.39, 0.29) is 11.8 Å². The van der Waals surface area contributed by atoms with Gasteiger partial charge < -0.3 is 9.88 Å². The molecule has 1 aromatic heterocycles. The van der Waals surface area contributed by atoms with Crippen LogP contribution in [-0.2, 0) is 6.54 Å². The number of Topliss-reactive ketones (excluding diaryl/α,β-unsaturated/α-hetero) is 1. The predicted octanol–water partition coefficient (Wildman–Crippen LogP) is 2.30. The Labute approximate surface area is 112 Å². The number of aryl methyl sites for hydroxylation is 2. The van der Waals surface area contributed by atoms with Crippen LogP contribution in [-0.4, -0.2) is 27.9 Å². The summed E-state index contributed by atoms with van der Waals surface area (Å²) < 4.78 is 2.16. The molecule has 2 aromatic rings. The van der Waals surface area contributed by atoms with Crippen molar-refractivity contribution in [1.82, 2.24) is 14.9 Å². The van der Waals surface area contributed by atoms with E-state index in [9.17, 15) is 4.79 Å². The van der Waals surface area contributed by atoms with Gasteiger partial charge in [-0.25, -0.2) is 4.98 Å². The van der Waals surface area contributed by atoms with Crippen LogP contribution in [0.2, 0.25) is 0 Å². The highest BCUT2D eigenvalue weighted by molar-refractivity contribution is 6.02. The van der Waals surface area contributed by atoms with Gasteiger partial charge in [0.05, 0.1) is 17.1 Å². The van der Waals surface area contributed by atoms with Gasteiger partial charge in [0.2, 0.25) is 0 Å². The maximum atomic E-state index is 12.4. The number of benzene rings is 1. The van der Waals surface area contributed by atoms with Gasteiger partial charge in [0.1, 0.15) is 5.82 Å². The number of carbonyl (C=O) groups excluding carboxylic acids is 1. The number of rotatable bonds is 3. The van der Waals surface area contributed by atoms with Crippen molar-refractivity contribution in [3.63, 3.8) is 0 Å². The molecule has 1 N–H and O–H groups in total. The standard InChI is InChI=1S/C15H19N3O/c1-3-18-10(2)17-13-9-11(6-7-14(13)18)15(19)12-5-4-8-16-12/h6-7,9,12,16H,3-5,8H2,1-2H3. The summed E-state index contributed by atoms with van der Waals surface area (Å²) >= 11 is 0. The lowest BCUT2D eigenvalue weighted by Gasteiger charge is -2.09. The minimum Gasteiger partial charge on any atom is -0.329 e. The zero-order valence-corrected chi connectivity index (χ0v) is 11.4. The third-order valence-corrected chi connectivity index (χ3v) is 3.92. The normalized spacial score (nSPS) is 19.2. The molecule has 4 nitrogen and oxygen atoms in total. The van der Waals surface area contributed by atoms with Crippen LogP contribution in [0.3, 0.4) is 0 Å². The van der Waals surface area contributed by atoms with Gasteiger partial charge in [-0.05, 0) is 51.4 Å². The van der Waals surface area contributed by atoms with Crippen molar-refractivity contribution in [2.45, 2.75) is 39.3 Å². The van der Waals surface area contributed by atoms with E-state index in [4.69, 9.17) is 0 Å². The summed E-state index contributed by atoms with van der Waals surface area (Å²) in [4.78, 5) is 16.9. The average Bonchev–Trinajstić information content (AvgIpc) is 3.03. The van der Waals surface area contributed by atoms with E-state index >= 15 is 0 Å². The summed E-state index contributed by atoms with van der Waals surface area (Å²) in [5.74, 6) is 1.20. The van der Waals surface area contributed by atoms with E-state index in [1.807, 2.05) is 25.1 Å². The number of nitrogens with zero attached hydrogens (tertiary/aromatic N) is 2. The summed E-state index contributed by atoms with van der Waals surface area (Å²) in [5.41, 5.74) is 2.80. The fraction of sp³-hybridized carbons (Fsp3) is 0.467. The van der Waals surface area contributed by atoms with Gasteiger partial charge in [0.25, 0.3) is 0 Å². The molecule has 0 spiro atoms. The summed E-state index contributed by atoms with van der Waals surface area (Å²) in [5, 5.41) is 3.26. The van der Waals surface area contributed by atoms with Gasteiger partial charge in [-0.15, -0.1) is 0 Å². The van der Waals surface area contributed by atoms with E-state index < -0.39 is 0 Å². The summed E-state index contributed by atoms with van der Waals surface area (Å²) in [6, 6.07) is 5.86. The van der Waals surface area contributed by atoms with Gasteiger partial charge in [-0.1, -0.05) is 0 Å². The molecule has 2 heterocycles. The number of fused-ring (bicyclic) bond motifs is 1. The third-order valence-electron chi connectivity index (χ3n) is 3.92. The van der Waals surface area contributed by atoms with E-state index in [0.29, 0.717) is 0 Å². The van der Waals surface area contributed by atoms with Crippen molar-refractivity contribution >= 4 is 16.8 Å². The van der Waals surface area contributed by atoms with E-state index in [2.05, 4.69) is 21.8 Å². The van der Waals surface area contributed by atoms with Crippen LogP contribution < -0.4 is 5.32 Å². The van der Waals surface area contributed by atoms with Gasteiger partial charge in [0.15, 0.2) is 5.78 Å². The number of aromatic nitrogens is 2. The Bertz CT molecular complexity index is 624. The molecule has 0 amide bonds. The fourth-order valence-corrected chi connectivity index (χ4v) is 2.91. The monoisotopic (exact) mass is 257 g/mol. The van der Waals surface area contributed by atoms with Crippen LogP contribution in [0.1, 0.15) is 35.9 Å². The van der Waals surface area contributed by atoms with Gasteiger partial charge in [0, 0.05) is 12.1 Å². The summed E-state index contributed by atoms with van der Waals surface area (Å²) in [7, 11) is 0. The van der Waals surface area contributed by atoms with Gasteiger partial charge in [-0.3, -0.25) is 4.79 Å². The predicted molar refractivity (Wildman–Crippen MR) is 75.5 cm³/mol. The first-order valence-electron chi connectivity index (χ1n) is 6.95. The Morgan fingerprint density at radius 2 is 2.37 bits per heavy atom. The Morgan fingerprint density at radius 1 is 1.53 bits per heavy atom. The van der Waals surface area contributed by atoms with E-state index in [0.717, 1.165) is 48.4 Å². The first-order chi connectivity index (χ1) is 9.20. The minimum atomic E-state index is -0.00759. The molecule has 0 saturated carbocycles. The number of hydrogen-bond donors (Lipinski definition) is 1. The second-order valence-electron chi connectivity index (χ2n) is 5.12. The van der Waals surface area contributed by atoms with Crippen LogP contribution >= 0.6 is 0 Å². The minimum absolute atomic E-state index is 0.00759. The van der Waals surface area contributed by atoms with Crippen LogP contribution in [0.15, 0.2) is 18.2 Å². The van der Waals surface area contributed by atoms with Gasteiger partial charge >= 0.3 is 0 Å². The Kier molecular flexibility index (Phi) is 3.11. The number of nitrogens with one attached hydrogen (secondary N) is 1. The highest BCUT2D eigenvalue weighted by Crippen LogP contribution is 2.20. The summed E-state index contributed by atoms with van der Waals surface area (Å²) in [6.45, 7) is 5.96. The van der Waals surface area contributed by atoms with Crippen molar-refractivity contribution < 1.29 is 4.79 Å². The summed E-state index contributed by atoms with van der Waals surface area (Å²) in [6.07, 6.45) is 2.03. The molecule has 1 saturated heterocycles. The lowest BCUT2D eigenvalue weighted by atomic mass is 10.0. The number of hydrogen-bond acceptors (Lipinski definition) is 3. The molecule has 1 atom stereocenters. The molecule has 3 rings (SSSR count). The van der Waals surface area contributed by atoms with Crippen molar-refractivity contribution in [2.24, 2.45) is 0 Å². The van der Waals surface area contributed by atoms with Crippen LogP contribution in [0.25, 0.3) is 11.0 Å². The van der Waals surface area contributed by atoms with Crippen LogP contribution in [0.4, 0.5) is 0 Å². The molecule has 4 heteroatoms. The molecule has 1 aliphatic rings. The molecule has 100 valence electrons. The van der Waals surface area contributed by atoms with Crippen molar-refractivity contribution in [3.05, 3.63) is 29.6 Å². The van der Waals surface area contributed by atoms with Crippen molar-refractivity contribution in [1.29, 1.82) is 0 Å². The smallest absolute Gasteiger partial charge is 0.179 e. The fourth-order valence-electron chi connectivity index (χ4n) is 2.91. The van der Waals surface area contributed by atoms with Crippen LogP contribution in [0, 0.1) is 6.92 Å². The molecule has 0 bridgehead atoms. The maximum absolute atomic E-state index is 12.4. The second kappa shape index (κ2) is 4.78. The highest BCUT2D eigenvalue weighted by Gasteiger charge is 2.23. The first kappa shape index (κ1) is 12.4. The number of imidazole rings is 1. The highest BCUT2D eigenvalue weighted by atomic mass is 16.1. The van der Waals surface area contributed by atoms with Crippen LogP contribution in [0.5, 0.6) is 0 Å². The third kappa shape index (κ3) is 2.06. The molecule has 0 radical (unpaired) electrons. The lowest BCUT2D eigenvalue weighted by molar-refractivity contribution is 0.0952. The van der Waals surface area contributed by atoms with Gasteiger partial charge in [-0.2, -0.15) is 0 Å². The van der Waals surface area contributed by atoms with E-state index in [1.165, 1.54) is 0 Å². The Hall–Kier alpha value is -1.68. The quantitative estimate of drug-likeness (QED) is 0.858. The topological polar surface area (TPSA) is 46.9 Å². The lowest BCUT2D eigenvalue weighted by Crippen LogP contribution is -2.30. The molecule has 19 heavy (non-hydrogen) atoms. The molecule has 1 aromatic carbocycles. The molecule has 1 fully saturated rings. The largest absolute Gasteiger partial charge is 0.329 e. The SMILES string of the molecule is CCn1c(C)nc2cc(C(=O)C3CCCN3)ccc21. The van der Waals surface area contributed by atoms with E-state index in [1.54, 1.807) is 0 Å². The van der Waals surface area contributed by atoms with Crippen molar-refractivity contribution in [2.75, 3.05) is 6.54 Å². The molecule has 1 unspecified atom stereocenters. The Balaban J connectivity index is 1.99. The second-order valence-corrected chi connectivity index (χ2v) is 5.12. The number of carbonyl (C=O) groups is 1. The molecule has 0 aliphatic carbocycles.